The van der Waals surface area contributed by atoms with Crippen LogP contribution in [0.1, 0.15) is 12.8 Å². The highest BCUT2D eigenvalue weighted by molar-refractivity contribution is 6.31. The number of hydrogen-bond acceptors (Lipinski definition) is 3. The Morgan fingerprint density at radius 3 is 2.33 bits per heavy atom. The monoisotopic (exact) mass is 173 g/mol. The summed E-state index contributed by atoms with van der Waals surface area (Å²) in [7, 11) is 0. The number of aliphatic carboxylic acids is 1. The van der Waals surface area contributed by atoms with Crippen LogP contribution in [-0.2, 0) is 9.59 Å². The summed E-state index contributed by atoms with van der Waals surface area (Å²) in [6.07, 6.45) is 1.69. The van der Waals surface area contributed by atoms with E-state index in [9.17, 15) is 9.59 Å². The molecule has 2 N–H and O–H groups in total. The van der Waals surface area contributed by atoms with Gasteiger partial charge in [-0.25, -0.2) is 4.79 Å². The second kappa shape index (κ2) is 3.53. The molecular formula is C7H11NO4. The first-order valence-corrected chi connectivity index (χ1v) is 3.81. The van der Waals surface area contributed by atoms with Gasteiger partial charge >= 0.3 is 11.9 Å². The van der Waals surface area contributed by atoms with E-state index < -0.39 is 11.9 Å². The highest BCUT2D eigenvalue weighted by Crippen LogP contribution is 2.26. The molecule has 0 atom stereocenters. The van der Waals surface area contributed by atoms with Crippen LogP contribution in [0.15, 0.2) is 0 Å². The van der Waals surface area contributed by atoms with Gasteiger partial charge in [0.25, 0.3) is 0 Å². The molecule has 0 heterocycles. The Labute approximate surface area is 69.6 Å². The Hall–Kier alpha value is -1.10. The van der Waals surface area contributed by atoms with Gasteiger partial charge in [0, 0.05) is 12.6 Å². The highest BCUT2D eigenvalue weighted by atomic mass is 16.4. The predicted molar refractivity (Wildman–Crippen MR) is 39.5 cm³/mol. The standard InChI is InChI=1S/C7H11NO4/c9-4-3-8(5-1-2-5)6(10)7(11)12/h5,9H,1-4H2,(H,11,12). The van der Waals surface area contributed by atoms with Gasteiger partial charge in [-0.15, -0.1) is 0 Å². The number of amides is 1. The zero-order valence-corrected chi connectivity index (χ0v) is 6.56. The van der Waals surface area contributed by atoms with Gasteiger partial charge in [-0.05, 0) is 12.8 Å². The molecule has 0 aromatic rings. The highest BCUT2D eigenvalue weighted by Gasteiger charge is 2.34. The third-order valence-electron chi connectivity index (χ3n) is 1.77. The minimum Gasteiger partial charge on any atom is -0.474 e. The number of carboxylic acid groups (broad SMARTS) is 1. The largest absolute Gasteiger partial charge is 0.474 e. The summed E-state index contributed by atoms with van der Waals surface area (Å²) < 4.78 is 0. The van der Waals surface area contributed by atoms with E-state index in [1.165, 1.54) is 4.90 Å². The third kappa shape index (κ3) is 1.94. The van der Waals surface area contributed by atoms with Crippen LogP contribution in [0.2, 0.25) is 0 Å². The third-order valence-corrected chi connectivity index (χ3v) is 1.77. The van der Waals surface area contributed by atoms with Crippen molar-refractivity contribution in [3.8, 4) is 0 Å². The lowest BCUT2D eigenvalue weighted by atomic mass is 10.4. The molecule has 1 aliphatic rings. The lowest BCUT2D eigenvalue weighted by molar-refractivity contribution is -0.156. The molecule has 0 bridgehead atoms. The number of rotatable bonds is 3. The molecule has 1 fully saturated rings. The van der Waals surface area contributed by atoms with E-state index in [2.05, 4.69) is 0 Å². The SMILES string of the molecule is O=C(O)C(=O)N(CCO)C1CC1. The quantitative estimate of drug-likeness (QED) is 0.539. The first-order chi connectivity index (χ1) is 5.66. The molecule has 0 aromatic heterocycles. The van der Waals surface area contributed by atoms with Crippen molar-refractivity contribution in [2.45, 2.75) is 18.9 Å². The Balaban J connectivity index is 2.51. The lowest BCUT2D eigenvalue weighted by Crippen LogP contribution is -2.39. The van der Waals surface area contributed by atoms with Crippen molar-refractivity contribution in [1.82, 2.24) is 4.90 Å². The summed E-state index contributed by atoms with van der Waals surface area (Å²) in [5, 5.41) is 16.9. The number of aliphatic hydroxyl groups is 1. The van der Waals surface area contributed by atoms with Crippen LogP contribution in [0, 0.1) is 0 Å². The minimum absolute atomic E-state index is 0.0424. The number of nitrogens with zero attached hydrogens (tertiary/aromatic N) is 1. The van der Waals surface area contributed by atoms with Crippen LogP contribution < -0.4 is 0 Å². The van der Waals surface area contributed by atoms with Gasteiger partial charge in [-0.3, -0.25) is 4.79 Å². The van der Waals surface area contributed by atoms with Crippen molar-refractivity contribution < 1.29 is 19.8 Å². The molecule has 1 aliphatic carbocycles. The summed E-state index contributed by atoms with van der Waals surface area (Å²) in [4.78, 5) is 22.4. The van der Waals surface area contributed by atoms with Gasteiger partial charge in [0.15, 0.2) is 0 Å². The first kappa shape index (κ1) is 8.99. The Morgan fingerprint density at radius 2 is 2.00 bits per heavy atom. The summed E-state index contributed by atoms with van der Waals surface area (Å²) in [6, 6.07) is 0.0424. The molecule has 1 amide bonds. The molecule has 12 heavy (non-hydrogen) atoms. The summed E-state index contributed by atoms with van der Waals surface area (Å²) in [6.45, 7) is -0.0642. The van der Waals surface area contributed by atoms with Crippen molar-refractivity contribution in [2.75, 3.05) is 13.2 Å². The number of hydrogen-bond donors (Lipinski definition) is 2. The topological polar surface area (TPSA) is 77.8 Å². The fourth-order valence-electron chi connectivity index (χ4n) is 1.07. The average molecular weight is 173 g/mol. The zero-order valence-electron chi connectivity index (χ0n) is 6.56. The Bertz CT molecular complexity index is 200. The van der Waals surface area contributed by atoms with Crippen LogP contribution >= 0.6 is 0 Å². The van der Waals surface area contributed by atoms with Crippen molar-refractivity contribution in [3.05, 3.63) is 0 Å². The molecule has 1 saturated carbocycles. The maximum absolute atomic E-state index is 10.9. The number of carboxylic acids is 1. The van der Waals surface area contributed by atoms with Crippen LogP contribution in [0.4, 0.5) is 0 Å². The molecule has 0 saturated heterocycles. The zero-order chi connectivity index (χ0) is 9.14. The first-order valence-electron chi connectivity index (χ1n) is 3.81. The Kier molecular flexibility index (Phi) is 2.65. The van der Waals surface area contributed by atoms with Crippen molar-refractivity contribution in [2.24, 2.45) is 0 Å². The second-order valence-electron chi connectivity index (χ2n) is 2.76. The number of carbonyl (C=O) groups excluding carboxylic acids is 1. The fourth-order valence-corrected chi connectivity index (χ4v) is 1.07. The van der Waals surface area contributed by atoms with Crippen LogP contribution in [0.3, 0.4) is 0 Å². The number of carbonyl (C=O) groups is 2. The van der Waals surface area contributed by atoms with Crippen LogP contribution in [0.25, 0.3) is 0 Å². The molecule has 0 aliphatic heterocycles. The van der Waals surface area contributed by atoms with Gasteiger partial charge < -0.3 is 15.1 Å². The second-order valence-corrected chi connectivity index (χ2v) is 2.76. The van der Waals surface area contributed by atoms with E-state index in [1.54, 1.807) is 0 Å². The summed E-state index contributed by atoms with van der Waals surface area (Å²) >= 11 is 0. The fraction of sp³-hybridized carbons (Fsp3) is 0.714. The van der Waals surface area contributed by atoms with Gasteiger partial charge in [-0.1, -0.05) is 0 Å². The molecule has 68 valence electrons. The van der Waals surface area contributed by atoms with Gasteiger partial charge in [0.2, 0.25) is 0 Å². The Morgan fingerprint density at radius 1 is 1.42 bits per heavy atom. The van der Waals surface area contributed by atoms with Crippen LogP contribution in [0.5, 0.6) is 0 Å². The van der Waals surface area contributed by atoms with Gasteiger partial charge in [-0.2, -0.15) is 0 Å². The van der Waals surface area contributed by atoms with Crippen molar-refractivity contribution >= 4 is 11.9 Å². The van der Waals surface area contributed by atoms with Crippen molar-refractivity contribution in [1.29, 1.82) is 0 Å². The molecule has 5 nitrogen and oxygen atoms in total. The van der Waals surface area contributed by atoms with Crippen LogP contribution in [-0.4, -0.2) is 46.2 Å². The molecule has 5 heteroatoms. The van der Waals surface area contributed by atoms with E-state index in [-0.39, 0.29) is 19.2 Å². The summed E-state index contributed by atoms with van der Waals surface area (Å²) in [5.74, 6) is -2.36. The van der Waals surface area contributed by atoms with E-state index in [0.29, 0.717) is 0 Å². The van der Waals surface area contributed by atoms with E-state index in [0.717, 1.165) is 12.8 Å². The maximum Gasteiger partial charge on any atom is 0.394 e. The molecule has 0 aromatic carbocycles. The number of aliphatic hydroxyl groups excluding tert-OH is 1. The predicted octanol–water partition coefficient (Wildman–Crippen LogP) is -0.946. The molecule has 0 spiro atoms. The van der Waals surface area contributed by atoms with E-state index in [4.69, 9.17) is 10.2 Å². The van der Waals surface area contributed by atoms with E-state index >= 15 is 0 Å². The van der Waals surface area contributed by atoms with Gasteiger partial charge in [0.1, 0.15) is 0 Å². The average Bonchev–Trinajstić information content (AvgIpc) is 2.81. The smallest absolute Gasteiger partial charge is 0.394 e. The molecule has 1 rings (SSSR count). The van der Waals surface area contributed by atoms with Crippen molar-refractivity contribution in [3.63, 3.8) is 0 Å². The normalized spacial score (nSPS) is 15.8. The molecular weight excluding hydrogens is 162 g/mol. The maximum atomic E-state index is 10.9. The minimum atomic E-state index is -1.45. The van der Waals surface area contributed by atoms with E-state index in [1.807, 2.05) is 0 Å². The lowest BCUT2D eigenvalue weighted by Gasteiger charge is -2.18. The molecule has 0 radical (unpaired) electrons. The summed E-state index contributed by atoms with van der Waals surface area (Å²) in [5.41, 5.74) is 0. The van der Waals surface area contributed by atoms with Gasteiger partial charge in [0.05, 0.1) is 6.61 Å². The molecule has 0 unspecified atom stereocenters.